The van der Waals surface area contributed by atoms with Crippen LogP contribution in [0.25, 0.3) is 0 Å². The molecule has 0 spiro atoms. The van der Waals surface area contributed by atoms with E-state index in [0.717, 1.165) is 5.75 Å². The Balaban J connectivity index is 2.22. The van der Waals surface area contributed by atoms with Crippen molar-refractivity contribution in [1.29, 1.82) is 0 Å². The first kappa shape index (κ1) is 13.3. The van der Waals surface area contributed by atoms with E-state index < -0.39 is 0 Å². The van der Waals surface area contributed by atoms with Gasteiger partial charge in [0.05, 0.1) is 6.61 Å². The summed E-state index contributed by atoms with van der Waals surface area (Å²) in [6.07, 6.45) is 8.88. The van der Waals surface area contributed by atoms with Gasteiger partial charge in [0.1, 0.15) is 0 Å². The highest BCUT2D eigenvalue weighted by Crippen LogP contribution is 2.17. The van der Waals surface area contributed by atoms with Crippen molar-refractivity contribution in [2.45, 2.75) is 51.0 Å². The van der Waals surface area contributed by atoms with E-state index in [1.165, 1.54) is 58.0 Å². The Morgan fingerprint density at radius 2 is 2.00 bits per heavy atom. The van der Waals surface area contributed by atoms with Gasteiger partial charge in [0.15, 0.2) is 0 Å². The maximum Gasteiger partial charge on any atom is 0.0586 e. The molecule has 0 amide bonds. The summed E-state index contributed by atoms with van der Waals surface area (Å²) in [5.74, 6) is 1.00. The van der Waals surface area contributed by atoms with Crippen molar-refractivity contribution in [3.63, 3.8) is 0 Å². The highest BCUT2D eigenvalue weighted by atomic mass is 32.1. The second-order valence-electron chi connectivity index (χ2n) is 4.51. The molecule has 1 aliphatic heterocycles. The van der Waals surface area contributed by atoms with Crippen molar-refractivity contribution in [1.82, 2.24) is 4.90 Å². The lowest BCUT2D eigenvalue weighted by Gasteiger charge is -2.28. The number of hydrogen-bond acceptors (Lipinski definition) is 3. The maximum atomic E-state index is 9.34. The molecule has 15 heavy (non-hydrogen) atoms. The molecule has 1 aliphatic rings. The highest BCUT2D eigenvalue weighted by molar-refractivity contribution is 7.80. The fraction of sp³-hybridized carbons (Fsp3) is 1.00. The number of aliphatic hydroxyl groups excluding tert-OH is 1. The quantitative estimate of drug-likeness (QED) is 0.541. The molecule has 1 rings (SSSR count). The molecule has 0 saturated carbocycles. The molecule has 1 fully saturated rings. The maximum absolute atomic E-state index is 9.34. The summed E-state index contributed by atoms with van der Waals surface area (Å²) in [5.41, 5.74) is 0. The molecule has 1 unspecified atom stereocenters. The zero-order chi connectivity index (χ0) is 10.9. The average Bonchev–Trinajstić information content (AvgIpc) is 2.49. The molecule has 1 atom stereocenters. The first-order chi connectivity index (χ1) is 7.38. The zero-order valence-corrected chi connectivity index (χ0v) is 10.6. The first-order valence-corrected chi connectivity index (χ1v) is 6.97. The van der Waals surface area contributed by atoms with Gasteiger partial charge in [-0.15, -0.1) is 0 Å². The molecule has 1 saturated heterocycles. The van der Waals surface area contributed by atoms with Crippen LogP contribution in [0, 0.1) is 0 Å². The normalized spacial score (nSPS) is 24.0. The number of aliphatic hydroxyl groups is 1. The van der Waals surface area contributed by atoms with Gasteiger partial charge in [-0.1, -0.05) is 19.3 Å². The van der Waals surface area contributed by atoms with E-state index in [2.05, 4.69) is 17.5 Å². The average molecular weight is 231 g/mol. The number of thiol groups is 1. The fourth-order valence-electron chi connectivity index (χ4n) is 2.34. The van der Waals surface area contributed by atoms with E-state index >= 15 is 0 Å². The monoisotopic (exact) mass is 231 g/mol. The summed E-state index contributed by atoms with van der Waals surface area (Å²) in [4.78, 5) is 2.49. The first-order valence-electron chi connectivity index (χ1n) is 6.34. The van der Waals surface area contributed by atoms with Gasteiger partial charge in [-0.25, -0.2) is 0 Å². The van der Waals surface area contributed by atoms with Crippen molar-refractivity contribution in [2.75, 3.05) is 25.4 Å². The van der Waals surface area contributed by atoms with Crippen LogP contribution in [0.15, 0.2) is 0 Å². The number of nitrogens with zero attached hydrogens (tertiary/aromatic N) is 1. The van der Waals surface area contributed by atoms with Gasteiger partial charge < -0.3 is 5.11 Å². The van der Waals surface area contributed by atoms with Gasteiger partial charge in [0.2, 0.25) is 0 Å². The molecule has 2 nitrogen and oxygen atoms in total. The molecule has 0 aromatic rings. The Hall–Kier alpha value is 0.270. The SMILES string of the molecule is OCC1CCCCCN1CCCCCS. The molecular formula is C12H25NOS. The third-order valence-corrected chi connectivity index (χ3v) is 3.63. The summed E-state index contributed by atoms with van der Waals surface area (Å²) in [5, 5.41) is 9.34. The second kappa shape index (κ2) is 8.43. The van der Waals surface area contributed by atoms with Crippen molar-refractivity contribution in [3.05, 3.63) is 0 Å². The van der Waals surface area contributed by atoms with E-state index in [9.17, 15) is 5.11 Å². The molecule has 3 heteroatoms. The summed E-state index contributed by atoms with van der Waals surface area (Å²) in [6, 6.07) is 0.434. The standard InChI is InChI=1S/C12H25NOS/c14-11-12-7-3-1-4-8-13(12)9-5-2-6-10-15/h12,14-15H,1-11H2. The molecule has 0 radical (unpaired) electrons. The smallest absolute Gasteiger partial charge is 0.0586 e. The van der Waals surface area contributed by atoms with Crippen LogP contribution in [0.1, 0.15) is 44.9 Å². The van der Waals surface area contributed by atoms with E-state index in [1.54, 1.807) is 0 Å². The van der Waals surface area contributed by atoms with Crippen LogP contribution in [0.3, 0.4) is 0 Å². The summed E-state index contributed by atoms with van der Waals surface area (Å²) in [7, 11) is 0. The van der Waals surface area contributed by atoms with Gasteiger partial charge in [-0.2, -0.15) is 12.6 Å². The minimum absolute atomic E-state index is 0.340. The Morgan fingerprint density at radius 1 is 1.13 bits per heavy atom. The van der Waals surface area contributed by atoms with E-state index in [0.29, 0.717) is 12.6 Å². The van der Waals surface area contributed by atoms with Crippen LogP contribution in [0.2, 0.25) is 0 Å². The lowest BCUT2D eigenvalue weighted by atomic mass is 10.1. The van der Waals surface area contributed by atoms with E-state index in [-0.39, 0.29) is 0 Å². The van der Waals surface area contributed by atoms with Gasteiger partial charge in [-0.3, -0.25) is 4.90 Å². The molecule has 0 aliphatic carbocycles. The Morgan fingerprint density at radius 3 is 2.73 bits per heavy atom. The summed E-state index contributed by atoms with van der Waals surface area (Å²) >= 11 is 4.22. The van der Waals surface area contributed by atoms with Gasteiger partial charge in [-0.05, 0) is 44.5 Å². The van der Waals surface area contributed by atoms with Crippen LogP contribution >= 0.6 is 12.6 Å². The predicted molar refractivity (Wildman–Crippen MR) is 68.6 cm³/mol. The van der Waals surface area contributed by atoms with E-state index in [1.807, 2.05) is 0 Å². The Labute approximate surface area is 99.5 Å². The molecule has 0 aromatic heterocycles. The molecule has 1 heterocycles. The molecule has 0 aromatic carbocycles. The van der Waals surface area contributed by atoms with Crippen molar-refractivity contribution >= 4 is 12.6 Å². The van der Waals surface area contributed by atoms with Crippen molar-refractivity contribution in [2.24, 2.45) is 0 Å². The van der Waals surface area contributed by atoms with Crippen molar-refractivity contribution < 1.29 is 5.11 Å². The summed E-state index contributed by atoms with van der Waals surface area (Å²) < 4.78 is 0. The van der Waals surface area contributed by atoms with Gasteiger partial charge in [0.25, 0.3) is 0 Å². The predicted octanol–water partition coefficient (Wildman–Crippen LogP) is 2.32. The summed E-state index contributed by atoms with van der Waals surface area (Å²) in [6.45, 7) is 2.69. The number of likely N-dealkylation sites (tertiary alicyclic amines) is 1. The van der Waals surface area contributed by atoms with Crippen molar-refractivity contribution in [3.8, 4) is 0 Å². The third kappa shape index (κ3) is 5.23. The Bertz CT molecular complexity index is 155. The largest absolute Gasteiger partial charge is 0.395 e. The number of unbranched alkanes of at least 4 members (excludes halogenated alkanes) is 2. The second-order valence-corrected chi connectivity index (χ2v) is 4.95. The van der Waals surface area contributed by atoms with Crippen LogP contribution < -0.4 is 0 Å². The van der Waals surface area contributed by atoms with Gasteiger partial charge in [0, 0.05) is 6.04 Å². The Kier molecular flexibility index (Phi) is 7.49. The molecule has 1 N–H and O–H groups in total. The lowest BCUT2D eigenvalue weighted by molar-refractivity contribution is 0.123. The van der Waals surface area contributed by atoms with Crippen LogP contribution in [0.4, 0.5) is 0 Å². The minimum Gasteiger partial charge on any atom is -0.395 e. The fourth-order valence-corrected chi connectivity index (χ4v) is 2.56. The molecular weight excluding hydrogens is 206 g/mol. The highest BCUT2D eigenvalue weighted by Gasteiger charge is 2.19. The zero-order valence-electron chi connectivity index (χ0n) is 9.70. The lowest BCUT2D eigenvalue weighted by Crippen LogP contribution is -2.38. The topological polar surface area (TPSA) is 23.5 Å². The molecule has 0 bridgehead atoms. The van der Waals surface area contributed by atoms with E-state index in [4.69, 9.17) is 0 Å². The van der Waals surface area contributed by atoms with Crippen LogP contribution in [-0.2, 0) is 0 Å². The van der Waals surface area contributed by atoms with Crippen LogP contribution in [-0.4, -0.2) is 41.5 Å². The number of hydrogen-bond donors (Lipinski definition) is 2. The number of rotatable bonds is 6. The minimum atomic E-state index is 0.340. The third-order valence-electron chi connectivity index (χ3n) is 3.31. The van der Waals surface area contributed by atoms with Crippen LogP contribution in [0.5, 0.6) is 0 Å². The molecule has 90 valence electrons. The van der Waals surface area contributed by atoms with Gasteiger partial charge >= 0.3 is 0 Å².